The van der Waals surface area contributed by atoms with Gasteiger partial charge in [0, 0.05) is 13.1 Å². The van der Waals surface area contributed by atoms with Crippen LogP contribution in [0, 0.1) is 5.41 Å². The molecule has 2 bridgehead atoms. The summed E-state index contributed by atoms with van der Waals surface area (Å²) in [7, 11) is 0. The van der Waals surface area contributed by atoms with Crippen LogP contribution < -0.4 is 11.2 Å². The molecular weight excluding hydrogens is 332 g/mol. The highest BCUT2D eigenvalue weighted by Crippen LogP contribution is 2.52. The molecule has 142 valence electrons. The third-order valence-electron chi connectivity index (χ3n) is 6.15. The highest BCUT2D eigenvalue weighted by atomic mass is 16.5. The molecule has 7 nitrogen and oxygen atoms in total. The standard InChI is InChI=1S/C19H28N4O3/c1-4-10-22-14-13(15(24)23(11-5-2)17(22)25)20-16(21-14)19-8-6-18(3,7-9-19)12-26-19/h4-12H2,1-3H3,(H,20,21). The zero-order chi connectivity index (χ0) is 18.5. The summed E-state index contributed by atoms with van der Waals surface area (Å²) in [4.78, 5) is 33.7. The molecule has 5 rings (SSSR count). The summed E-state index contributed by atoms with van der Waals surface area (Å²) in [6.45, 7) is 7.96. The van der Waals surface area contributed by atoms with Gasteiger partial charge >= 0.3 is 5.69 Å². The second kappa shape index (κ2) is 6.08. The fourth-order valence-corrected chi connectivity index (χ4v) is 4.39. The van der Waals surface area contributed by atoms with Crippen LogP contribution in [0.3, 0.4) is 0 Å². The Hall–Kier alpha value is -1.89. The van der Waals surface area contributed by atoms with Gasteiger partial charge in [-0.1, -0.05) is 20.8 Å². The molecule has 2 saturated heterocycles. The molecule has 26 heavy (non-hydrogen) atoms. The lowest BCUT2D eigenvalue weighted by Crippen LogP contribution is -2.48. The van der Waals surface area contributed by atoms with E-state index in [1.807, 2.05) is 13.8 Å². The molecule has 0 unspecified atom stereocenters. The van der Waals surface area contributed by atoms with E-state index in [9.17, 15) is 9.59 Å². The number of H-pyrrole nitrogens is 1. The van der Waals surface area contributed by atoms with Crippen molar-refractivity contribution < 1.29 is 4.74 Å². The van der Waals surface area contributed by atoms with Gasteiger partial charge in [0.15, 0.2) is 5.65 Å². The van der Waals surface area contributed by atoms with Gasteiger partial charge in [0.25, 0.3) is 5.56 Å². The fourth-order valence-electron chi connectivity index (χ4n) is 4.39. The Bertz CT molecular complexity index is 928. The number of aromatic nitrogens is 4. The number of fused-ring (bicyclic) bond motifs is 4. The summed E-state index contributed by atoms with van der Waals surface area (Å²) in [5.74, 6) is 0.713. The zero-order valence-corrected chi connectivity index (χ0v) is 15.9. The van der Waals surface area contributed by atoms with Gasteiger partial charge in [-0.3, -0.25) is 13.9 Å². The van der Waals surface area contributed by atoms with Crippen molar-refractivity contribution in [2.75, 3.05) is 6.61 Å². The van der Waals surface area contributed by atoms with Crippen LogP contribution >= 0.6 is 0 Å². The molecule has 4 heterocycles. The van der Waals surface area contributed by atoms with Gasteiger partial charge < -0.3 is 9.72 Å². The second-order valence-electron chi connectivity index (χ2n) is 8.27. The third-order valence-corrected chi connectivity index (χ3v) is 6.15. The van der Waals surface area contributed by atoms with Crippen LogP contribution in [0.1, 0.15) is 65.1 Å². The van der Waals surface area contributed by atoms with Gasteiger partial charge in [-0.25, -0.2) is 9.78 Å². The SMILES string of the molecule is CCCn1c(=O)c2[nH]c(C34CCC(C)(CC3)CO4)nc2n(CCC)c1=O. The van der Waals surface area contributed by atoms with Crippen LogP contribution in [-0.4, -0.2) is 25.7 Å². The molecule has 0 amide bonds. The molecule has 1 aliphatic carbocycles. The van der Waals surface area contributed by atoms with Crippen LogP contribution in [0.15, 0.2) is 9.59 Å². The van der Waals surface area contributed by atoms with Crippen molar-refractivity contribution >= 4 is 11.2 Å². The van der Waals surface area contributed by atoms with E-state index in [0.29, 0.717) is 30.1 Å². The first-order chi connectivity index (χ1) is 12.4. The maximum absolute atomic E-state index is 12.9. The monoisotopic (exact) mass is 360 g/mol. The number of nitrogens with zero attached hydrogens (tertiary/aromatic N) is 3. The minimum atomic E-state index is -0.439. The van der Waals surface area contributed by atoms with Crippen LogP contribution in [0.5, 0.6) is 0 Å². The number of hydrogen-bond donors (Lipinski definition) is 1. The number of nitrogens with one attached hydrogen (secondary N) is 1. The number of aromatic amines is 1. The average molecular weight is 360 g/mol. The van der Waals surface area contributed by atoms with Crippen molar-refractivity contribution in [3.05, 3.63) is 26.7 Å². The summed E-state index contributed by atoms with van der Waals surface area (Å²) in [6.07, 6.45) is 5.56. The van der Waals surface area contributed by atoms with E-state index < -0.39 is 5.60 Å². The molecule has 2 aromatic heterocycles. The fraction of sp³-hybridized carbons (Fsp3) is 0.737. The van der Waals surface area contributed by atoms with Crippen LogP contribution in [0.2, 0.25) is 0 Å². The van der Waals surface area contributed by atoms with E-state index in [0.717, 1.165) is 45.1 Å². The molecule has 0 spiro atoms. The molecule has 0 aromatic carbocycles. The molecule has 2 aliphatic heterocycles. The Morgan fingerprint density at radius 3 is 2.31 bits per heavy atom. The molecule has 0 radical (unpaired) electrons. The van der Waals surface area contributed by atoms with Crippen molar-refractivity contribution in [2.24, 2.45) is 5.41 Å². The smallest absolute Gasteiger partial charge is 0.332 e. The summed E-state index contributed by atoms with van der Waals surface area (Å²) >= 11 is 0. The third kappa shape index (κ3) is 2.47. The Labute approximate surface area is 152 Å². The maximum Gasteiger partial charge on any atom is 0.332 e. The number of rotatable bonds is 5. The first kappa shape index (κ1) is 17.5. The van der Waals surface area contributed by atoms with Gasteiger partial charge in [0.05, 0.1) is 6.61 Å². The predicted molar refractivity (Wildman–Crippen MR) is 99.4 cm³/mol. The van der Waals surface area contributed by atoms with Crippen LogP contribution in [0.4, 0.5) is 0 Å². The average Bonchev–Trinajstić information content (AvgIpc) is 3.09. The van der Waals surface area contributed by atoms with E-state index in [1.165, 1.54) is 4.57 Å². The lowest BCUT2D eigenvalue weighted by molar-refractivity contribution is -0.187. The summed E-state index contributed by atoms with van der Waals surface area (Å²) in [6, 6.07) is 0. The number of hydrogen-bond acceptors (Lipinski definition) is 4. The van der Waals surface area contributed by atoms with Gasteiger partial charge in [0.1, 0.15) is 16.9 Å². The van der Waals surface area contributed by atoms with Crippen LogP contribution in [-0.2, 0) is 23.4 Å². The van der Waals surface area contributed by atoms with Crippen molar-refractivity contribution in [3.8, 4) is 0 Å². The van der Waals surface area contributed by atoms with Crippen molar-refractivity contribution in [1.82, 2.24) is 19.1 Å². The first-order valence-corrected chi connectivity index (χ1v) is 9.81. The van der Waals surface area contributed by atoms with E-state index in [1.54, 1.807) is 4.57 Å². The Morgan fingerprint density at radius 2 is 1.73 bits per heavy atom. The minimum absolute atomic E-state index is 0.262. The molecule has 2 aromatic rings. The van der Waals surface area contributed by atoms with Gasteiger partial charge in [-0.2, -0.15) is 0 Å². The molecule has 3 aliphatic rings. The molecular formula is C19H28N4O3. The molecule has 1 saturated carbocycles. The minimum Gasteiger partial charge on any atom is -0.366 e. The first-order valence-electron chi connectivity index (χ1n) is 9.81. The Kier molecular flexibility index (Phi) is 4.10. The van der Waals surface area contributed by atoms with Crippen molar-refractivity contribution in [1.29, 1.82) is 0 Å². The lowest BCUT2D eigenvalue weighted by Gasteiger charge is -2.50. The number of imidazole rings is 1. The van der Waals surface area contributed by atoms with Crippen molar-refractivity contribution in [2.45, 2.75) is 78.0 Å². The second-order valence-corrected chi connectivity index (χ2v) is 8.27. The molecule has 0 atom stereocenters. The normalized spacial score (nSPS) is 28.1. The zero-order valence-electron chi connectivity index (χ0n) is 15.9. The van der Waals surface area contributed by atoms with E-state index in [-0.39, 0.29) is 16.7 Å². The number of ether oxygens (including phenoxy) is 1. The van der Waals surface area contributed by atoms with Gasteiger partial charge in [-0.15, -0.1) is 0 Å². The summed E-state index contributed by atoms with van der Waals surface area (Å²) in [5.41, 5.74) is 0.200. The molecule has 3 fully saturated rings. The van der Waals surface area contributed by atoms with Crippen LogP contribution in [0.25, 0.3) is 11.2 Å². The van der Waals surface area contributed by atoms with E-state index in [4.69, 9.17) is 9.72 Å². The molecule has 1 N–H and O–H groups in total. The largest absolute Gasteiger partial charge is 0.366 e. The maximum atomic E-state index is 12.9. The number of aryl methyl sites for hydroxylation is 1. The summed E-state index contributed by atoms with van der Waals surface area (Å²) < 4.78 is 9.21. The van der Waals surface area contributed by atoms with Gasteiger partial charge in [-0.05, 0) is 43.9 Å². The Morgan fingerprint density at radius 1 is 1.08 bits per heavy atom. The topological polar surface area (TPSA) is 81.9 Å². The van der Waals surface area contributed by atoms with E-state index >= 15 is 0 Å². The van der Waals surface area contributed by atoms with E-state index in [2.05, 4.69) is 11.9 Å². The Balaban J connectivity index is 1.89. The predicted octanol–water partition coefficient (Wildman–Crippen LogP) is 2.51. The van der Waals surface area contributed by atoms with Gasteiger partial charge in [0.2, 0.25) is 0 Å². The lowest BCUT2D eigenvalue weighted by atomic mass is 9.67. The highest BCUT2D eigenvalue weighted by molar-refractivity contribution is 5.70. The quantitative estimate of drug-likeness (QED) is 0.888. The molecule has 7 heteroatoms. The van der Waals surface area contributed by atoms with Crippen molar-refractivity contribution in [3.63, 3.8) is 0 Å². The summed E-state index contributed by atoms with van der Waals surface area (Å²) in [5, 5.41) is 0. The highest BCUT2D eigenvalue weighted by Gasteiger charge is 2.50.